The average Bonchev–Trinajstić information content (AvgIpc) is 2.53. The number of carbonyl (C=O) groups is 2. The van der Waals surface area contributed by atoms with Gasteiger partial charge in [0.2, 0.25) is 5.91 Å². The maximum atomic E-state index is 13.2. The van der Waals surface area contributed by atoms with Gasteiger partial charge in [0, 0.05) is 16.5 Å². The summed E-state index contributed by atoms with van der Waals surface area (Å²) in [5.41, 5.74) is 0.614. The molecule has 0 radical (unpaired) electrons. The summed E-state index contributed by atoms with van der Waals surface area (Å²) in [4.78, 5) is 23.4. The van der Waals surface area contributed by atoms with Crippen LogP contribution in [-0.4, -0.2) is 23.0 Å². The summed E-state index contributed by atoms with van der Waals surface area (Å²) in [5, 5.41) is 12.2. The van der Waals surface area contributed by atoms with Gasteiger partial charge in [0.25, 0.3) is 0 Å². The van der Waals surface area contributed by atoms with Gasteiger partial charge in [0.15, 0.2) is 11.6 Å². The number of carboxylic acids is 1. The topological polar surface area (TPSA) is 66.4 Å². The molecule has 0 aromatic heterocycles. The standard InChI is InChI=1S/C17H13Cl2F2NO3/c18-11-2-1-3-12(19)10(11)8-15(17(24)25)22-16(23)7-9-4-5-13(20)14(21)6-9/h1-6,15H,7-8H2,(H,22,23)(H,24,25)/t15-/m1/s1. The van der Waals surface area contributed by atoms with Crippen molar-refractivity contribution in [3.8, 4) is 0 Å². The molecule has 2 aromatic carbocycles. The zero-order valence-corrected chi connectivity index (χ0v) is 14.2. The van der Waals surface area contributed by atoms with Crippen LogP contribution in [0.2, 0.25) is 10.0 Å². The van der Waals surface area contributed by atoms with E-state index in [4.69, 9.17) is 23.2 Å². The van der Waals surface area contributed by atoms with Gasteiger partial charge in [-0.25, -0.2) is 13.6 Å². The Kier molecular flexibility index (Phi) is 6.33. The summed E-state index contributed by atoms with van der Waals surface area (Å²) in [6.07, 6.45) is -0.408. The number of benzene rings is 2. The summed E-state index contributed by atoms with van der Waals surface area (Å²) in [6, 6.07) is 6.50. The number of aliphatic carboxylic acids is 1. The van der Waals surface area contributed by atoms with Crippen LogP contribution in [0.1, 0.15) is 11.1 Å². The van der Waals surface area contributed by atoms with E-state index >= 15 is 0 Å². The molecule has 0 bridgehead atoms. The Morgan fingerprint density at radius 2 is 1.72 bits per heavy atom. The van der Waals surface area contributed by atoms with Gasteiger partial charge in [-0.2, -0.15) is 0 Å². The van der Waals surface area contributed by atoms with Crippen molar-refractivity contribution in [1.29, 1.82) is 0 Å². The highest BCUT2D eigenvalue weighted by molar-refractivity contribution is 6.36. The van der Waals surface area contributed by atoms with E-state index in [0.29, 0.717) is 5.56 Å². The predicted molar refractivity (Wildman–Crippen MR) is 89.8 cm³/mol. The molecule has 0 aliphatic carbocycles. The maximum absolute atomic E-state index is 13.2. The van der Waals surface area contributed by atoms with Crippen LogP contribution in [0.15, 0.2) is 36.4 Å². The van der Waals surface area contributed by atoms with E-state index in [0.717, 1.165) is 12.1 Å². The number of hydrogen-bond donors (Lipinski definition) is 2. The molecule has 0 aliphatic heterocycles. The first-order valence-electron chi connectivity index (χ1n) is 7.17. The lowest BCUT2D eigenvalue weighted by atomic mass is 10.0. The largest absolute Gasteiger partial charge is 0.480 e. The van der Waals surface area contributed by atoms with Gasteiger partial charge in [-0.1, -0.05) is 35.3 Å². The third-order valence-electron chi connectivity index (χ3n) is 3.45. The minimum atomic E-state index is -1.27. The fourth-order valence-corrected chi connectivity index (χ4v) is 2.76. The smallest absolute Gasteiger partial charge is 0.326 e. The van der Waals surface area contributed by atoms with Crippen LogP contribution >= 0.6 is 23.2 Å². The average molecular weight is 388 g/mol. The zero-order chi connectivity index (χ0) is 18.6. The fourth-order valence-electron chi connectivity index (χ4n) is 2.21. The molecule has 0 spiro atoms. The Labute approximate surface area is 152 Å². The molecule has 2 rings (SSSR count). The molecule has 2 aromatic rings. The van der Waals surface area contributed by atoms with E-state index in [1.165, 1.54) is 6.07 Å². The first-order valence-corrected chi connectivity index (χ1v) is 7.92. The number of carboxylic acid groups (broad SMARTS) is 1. The lowest BCUT2D eigenvalue weighted by molar-refractivity contribution is -0.141. The molecule has 4 nitrogen and oxygen atoms in total. The molecule has 25 heavy (non-hydrogen) atoms. The normalized spacial score (nSPS) is 11.8. The van der Waals surface area contributed by atoms with Gasteiger partial charge in [-0.3, -0.25) is 4.79 Å². The van der Waals surface area contributed by atoms with Crippen molar-refractivity contribution in [1.82, 2.24) is 5.32 Å². The Balaban J connectivity index is 2.09. The van der Waals surface area contributed by atoms with Gasteiger partial charge in [-0.15, -0.1) is 0 Å². The molecule has 1 amide bonds. The van der Waals surface area contributed by atoms with Gasteiger partial charge in [0.05, 0.1) is 6.42 Å². The molecule has 0 fully saturated rings. The van der Waals surface area contributed by atoms with Crippen LogP contribution in [-0.2, 0) is 22.4 Å². The molecule has 0 unspecified atom stereocenters. The fraction of sp³-hybridized carbons (Fsp3) is 0.176. The highest BCUT2D eigenvalue weighted by atomic mass is 35.5. The van der Waals surface area contributed by atoms with Crippen molar-refractivity contribution in [3.05, 3.63) is 69.2 Å². The van der Waals surface area contributed by atoms with E-state index in [2.05, 4.69) is 5.32 Å². The highest BCUT2D eigenvalue weighted by Crippen LogP contribution is 2.25. The molecular formula is C17H13Cl2F2NO3. The number of halogens is 4. The third kappa shape index (κ3) is 5.14. The van der Waals surface area contributed by atoms with E-state index in [1.54, 1.807) is 18.2 Å². The first-order chi connectivity index (χ1) is 11.8. The number of hydrogen-bond acceptors (Lipinski definition) is 2. The van der Waals surface area contributed by atoms with E-state index in [-0.39, 0.29) is 28.5 Å². The Morgan fingerprint density at radius 3 is 2.28 bits per heavy atom. The van der Waals surface area contributed by atoms with Gasteiger partial charge in [0.1, 0.15) is 6.04 Å². The second-order valence-electron chi connectivity index (χ2n) is 5.29. The SMILES string of the molecule is O=C(Cc1ccc(F)c(F)c1)N[C@H](Cc1c(Cl)cccc1Cl)C(=O)O. The first kappa shape index (κ1) is 19.1. The Bertz CT molecular complexity index is 794. The maximum Gasteiger partial charge on any atom is 0.326 e. The van der Waals surface area contributed by atoms with E-state index < -0.39 is 29.6 Å². The van der Waals surface area contributed by atoms with Crippen molar-refractivity contribution >= 4 is 35.1 Å². The summed E-state index contributed by atoms with van der Waals surface area (Å²) in [7, 11) is 0. The summed E-state index contributed by atoms with van der Waals surface area (Å²) in [6.45, 7) is 0. The molecule has 0 heterocycles. The van der Waals surface area contributed by atoms with Gasteiger partial charge < -0.3 is 10.4 Å². The molecule has 0 saturated carbocycles. The van der Waals surface area contributed by atoms with Crippen LogP contribution in [0, 0.1) is 11.6 Å². The molecule has 132 valence electrons. The van der Waals surface area contributed by atoms with Crippen molar-refractivity contribution in [2.45, 2.75) is 18.9 Å². The minimum Gasteiger partial charge on any atom is -0.480 e. The lowest BCUT2D eigenvalue weighted by Crippen LogP contribution is -2.43. The minimum absolute atomic E-state index is 0.114. The molecule has 0 saturated heterocycles. The van der Waals surface area contributed by atoms with E-state index in [9.17, 15) is 23.5 Å². The van der Waals surface area contributed by atoms with Gasteiger partial charge >= 0.3 is 5.97 Å². The molecular weight excluding hydrogens is 375 g/mol. The van der Waals surface area contributed by atoms with Crippen molar-refractivity contribution in [2.75, 3.05) is 0 Å². The second kappa shape index (κ2) is 8.27. The summed E-state index contributed by atoms with van der Waals surface area (Å²) in [5.74, 6) is -4.03. The van der Waals surface area contributed by atoms with Crippen molar-refractivity contribution in [3.63, 3.8) is 0 Å². The third-order valence-corrected chi connectivity index (χ3v) is 4.16. The lowest BCUT2D eigenvalue weighted by Gasteiger charge is -2.16. The Morgan fingerprint density at radius 1 is 1.08 bits per heavy atom. The Hall–Kier alpha value is -2.18. The van der Waals surface area contributed by atoms with Crippen LogP contribution in [0.25, 0.3) is 0 Å². The predicted octanol–water partition coefficient (Wildman–Crippen LogP) is 3.63. The van der Waals surface area contributed by atoms with Crippen LogP contribution in [0.3, 0.4) is 0 Å². The van der Waals surface area contributed by atoms with Gasteiger partial charge in [-0.05, 0) is 35.4 Å². The van der Waals surface area contributed by atoms with Crippen LogP contribution < -0.4 is 5.32 Å². The zero-order valence-electron chi connectivity index (χ0n) is 12.7. The monoisotopic (exact) mass is 387 g/mol. The number of rotatable bonds is 6. The highest BCUT2D eigenvalue weighted by Gasteiger charge is 2.23. The summed E-state index contributed by atoms with van der Waals surface area (Å²) < 4.78 is 26.1. The van der Waals surface area contributed by atoms with E-state index in [1.807, 2.05) is 0 Å². The molecule has 0 aliphatic rings. The number of amides is 1. The molecule has 2 N–H and O–H groups in total. The van der Waals surface area contributed by atoms with Crippen molar-refractivity contribution < 1.29 is 23.5 Å². The second-order valence-corrected chi connectivity index (χ2v) is 6.10. The van der Waals surface area contributed by atoms with Crippen LogP contribution in [0.5, 0.6) is 0 Å². The molecule has 8 heteroatoms. The van der Waals surface area contributed by atoms with Crippen molar-refractivity contribution in [2.24, 2.45) is 0 Å². The number of carbonyl (C=O) groups excluding carboxylic acids is 1. The van der Waals surface area contributed by atoms with Crippen LogP contribution in [0.4, 0.5) is 8.78 Å². The number of nitrogens with one attached hydrogen (secondary N) is 1. The molecule has 1 atom stereocenters. The quantitative estimate of drug-likeness (QED) is 0.795. The summed E-state index contributed by atoms with van der Waals surface area (Å²) >= 11 is 12.0.